The number of nitro benzene ring substituents is 1. The first-order chi connectivity index (χ1) is 13.6. The normalized spacial score (nSPS) is 10.4. The van der Waals surface area contributed by atoms with Crippen LogP contribution in [0.15, 0.2) is 66.9 Å². The minimum Gasteiger partial charge on any atom is -0.385 e. The second-order valence-electron chi connectivity index (χ2n) is 6.24. The van der Waals surface area contributed by atoms with Crippen LogP contribution in [0.25, 0.3) is 0 Å². The van der Waals surface area contributed by atoms with Crippen molar-refractivity contribution >= 4 is 23.1 Å². The average Bonchev–Trinajstić information content (AvgIpc) is 3.13. The first-order valence-electron chi connectivity index (χ1n) is 8.96. The Hall–Kier alpha value is -3.68. The molecule has 0 saturated heterocycles. The van der Waals surface area contributed by atoms with Gasteiger partial charge in [-0.05, 0) is 24.1 Å². The van der Waals surface area contributed by atoms with Crippen molar-refractivity contribution < 1.29 is 9.72 Å². The lowest BCUT2D eigenvalue weighted by molar-refractivity contribution is -0.384. The van der Waals surface area contributed by atoms with Crippen molar-refractivity contribution in [1.82, 2.24) is 9.78 Å². The largest absolute Gasteiger partial charge is 0.385 e. The Morgan fingerprint density at radius 1 is 1.07 bits per heavy atom. The van der Waals surface area contributed by atoms with Crippen LogP contribution in [-0.2, 0) is 11.3 Å². The molecule has 2 N–H and O–H groups in total. The average molecular weight is 379 g/mol. The maximum atomic E-state index is 12.2. The second kappa shape index (κ2) is 9.31. The molecule has 0 radical (unpaired) electrons. The number of hydrogen-bond acceptors (Lipinski definition) is 5. The summed E-state index contributed by atoms with van der Waals surface area (Å²) >= 11 is 0. The lowest BCUT2D eigenvalue weighted by Gasteiger charge is -2.10. The molecule has 0 aliphatic rings. The quantitative estimate of drug-likeness (QED) is 0.335. The number of aromatic nitrogens is 2. The highest BCUT2D eigenvalue weighted by molar-refractivity contribution is 5.89. The number of carbonyl (C=O) groups excluding carboxylic acids is 1. The maximum Gasteiger partial charge on any atom is 0.269 e. The summed E-state index contributed by atoms with van der Waals surface area (Å²) in [5.74, 6) is 0.581. The summed E-state index contributed by atoms with van der Waals surface area (Å²) in [6.45, 7) is 1.18. The molecule has 2 aromatic carbocycles. The van der Waals surface area contributed by atoms with Gasteiger partial charge in [0.1, 0.15) is 5.82 Å². The zero-order valence-corrected chi connectivity index (χ0v) is 15.2. The van der Waals surface area contributed by atoms with Gasteiger partial charge in [0, 0.05) is 36.9 Å². The monoisotopic (exact) mass is 379 g/mol. The van der Waals surface area contributed by atoms with E-state index in [1.54, 1.807) is 29.1 Å². The zero-order valence-electron chi connectivity index (χ0n) is 15.2. The van der Waals surface area contributed by atoms with Gasteiger partial charge in [-0.25, -0.2) is 4.68 Å². The van der Waals surface area contributed by atoms with Gasteiger partial charge in [0.15, 0.2) is 0 Å². The number of non-ortho nitro benzene ring substituents is 1. The molecule has 0 unspecified atom stereocenters. The fourth-order valence-electron chi connectivity index (χ4n) is 2.71. The summed E-state index contributed by atoms with van der Waals surface area (Å²) in [5, 5.41) is 20.9. The van der Waals surface area contributed by atoms with E-state index in [-0.39, 0.29) is 11.6 Å². The van der Waals surface area contributed by atoms with Crippen molar-refractivity contribution in [2.24, 2.45) is 0 Å². The van der Waals surface area contributed by atoms with E-state index in [0.717, 1.165) is 11.3 Å². The summed E-state index contributed by atoms with van der Waals surface area (Å²) in [6, 6.07) is 17.9. The molecule has 8 heteroatoms. The molecule has 1 amide bonds. The summed E-state index contributed by atoms with van der Waals surface area (Å²) in [5.41, 5.74) is 1.94. The van der Waals surface area contributed by atoms with Gasteiger partial charge in [0.2, 0.25) is 5.91 Å². The van der Waals surface area contributed by atoms with E-state index in [0.29, 0.717) is 31.7 Å². The third kappa shape index (κ3) is 5.41. The molecule has 8 nitrogen and oxygen atoms in total. The van der Waals surface area contributed by atoms with Crippen LogP contribution in [0.3, 0.4) is 0 Å². The van der Waals surface area contributed by atoms with E-state index < -0.39 is 4.92 Å². The van der Waals surface area contributed by atoms with E-state index in [2.05, 4.69) is 15.7 Å². The van der Waals surface area contributed by atoms with Gasteiger partial charge < -0.3 is 10.6 Å². The summed E-state index contributed by atoms with van der Waals surface area (Å²) in [4.78, 5) is 22.4. The number of amides is 1. The fraction of sp³-hybridized carbons (Fsp3) is 0.200. The van der Waals surface area contributed by atoms with E-state index in [9.17, 15) is 14.9 Å². The highest BCUT2D eigenvalue weighted by Crippen LogP contribution is 2.15. The van der Waals surface area contributed by atoms with Gasteiger partial charge in [-0.3, -0.25) is 14.9 Å². The van der Waals surface area contributed by atoms with E-state index >= 15 is 0 Å². The van der Waals surface area contributed by atoms with Gasteiger partial charge in [0.05, 0.1) is 17.7 Å². The SMILES string of the molecule is O=C(CCCNc1ccc([N+](=O)[O-])cc1)Nc1ccnn1Cc1ccccc1. The summed E-state index contributed by atoms with van der Waals surface area (Å²) in [6.07, 6.45) is 2.65. The third-order valence-electron chi connectivity index (χ3n) is 4.15. The second-order valence-corrected chi connectivity index (χ2v) is 6.24. The number of nitrogens with one attached hydrogen (secondary N) is 2. The van der Waals surface area contributed by atoms with Crippen molar-refractivity contribution in [2.75, 3.05) is 17.2 Å². The molecule has 0 bridgehead atoms. The lowest BCUT2D eigenvalue weighted by Crippen LogP contribution is -2.17. The smallest absolute Gasteiger partial charge is 0.269 e. The number of rotatable bonds is 9. The molecule has 3 aromatic rings. The van der Waals surface area contributed by atoms with E-state index in [4.69, 9.17) is 0 Å². The van der Waals surface area contributed by atoms with Crippen LogP contribution < -0.4 is 10.6 Å². The Kier molecular flexibility index (Phi) is 6.35. The standard InChI is InChI=1S/C20H21N5O3/c26-20(7-4-13-21-17-8-10-18(11-9-17)25(27)28)23-19-12-14-22-24(19)15-16-5-2-1-3-6-16/h1-3,5-6,8-12,14,21H,4,7,13,15H2,(H,23,26). The number of benzene rings is 2. The number of hydrogen-bond donors (Lipinski definition) is 2. The molecule has 144 valence electrons. The first kappa shape index (κ1) is 19.1. The molecular weight excluding hydrogens is 358 g/mol. The van der Waals surface area contributed by atoms with Gasteiger partial charge in [-0.2, -0.15) is 5.10 Å². The topological polar surface area (TPSA) is 102 Å². The van der Waals surface area contributed by atoms with Crippen LogP contribution in [0, 0.1) is 10.1 Å². The highest BCUT2D eigenvalue weighted by Gasteiger charge is 2.08. The maximum absolute atomic E-state index is 12.2. The summed E-state index contributed by atoms with van der Waals surface area (Å²) < 4.78 is 1.75. The first-order valence-corrected chi connectivity index (χ1v) is 8.96. The molecule has 0 atom stereocenters. The van der Waals surface area contributed by atoms with Crippen LogP contribution in [0.2, 0.25) is 0 Å². The van der Waals surface area contributed by atoms with Gasteiger partial charge in [-0.15, -0.1) is 0 Å². The van der Waals surface area contributed by atoms with Crippen LogP contribution in [0.4, 0.5) is 17.2 Å². The molecular formula is C20H21N5O3. The molecule has 0 spiro atoms. The molecule has 1 aromatic heterocycles. The van der Waals surface area contributed by atoms with Crippen LogP contribution >= 0.6 is 0 Å². The van der Waals surface area contributed by atoms with Crippen LogP contribution in [0.1, 0.15) is 18.4 Å². The molecule has 0 aliphatic carbocycles. The van der Waals surface area contributed by atoms with E-state index in [1.807, 2.05) is 30.3 Å². The van der Waals surface area contributed by atoms with Gasteiger partial charge in [-0.1, -0.05) is 30.3 Å². The number of anilines is 2. The lowest BCUT2D eigenvalue weighted by atomic mass is 10.2. The van der Waals surface area contributed by atoms with Crippen molar-refractivity contribution in [1.29, 1.82) is 0 Å². The van der Waals surface area contributed by atoms with Gasteiger partial charge in [0.25, 0.3) is 5.69 Å². The molecule has 0 saturated carbocycles. The Labute approximate surface area is 162 Å². The van der Waals surface area contributed by atoms with E-state index in [1.165, 1.54) is 12.1 Å². The van der Waals surface area contributed by atoms with Crippen LogP contribution in [-0.4, -0.2) is 27.2 Å². The van der Waals surface area contributed by atoms with Gasteiger partial charge >= 0.3 is 0 Å². The molecule has 28 heavy (non-hydrogen) atoms. The molecule has 0 fully saturated rings. The molecule has 1 heterocycles. The Morgan fingerprint density at radius 3 is 2.54 bits per heavy atom. The summed E-state index contributed by atoms with van der Waals surface area (Å²) in [7, 11) is 0. The number of carbonyl (C=O) groups is 1. The minimum atomic E-state index is -0.434. The molecule has 3 rings (SSSR count). The Bertz CT molecular complexity index is 923. The third-order valence-corrected chi connectivity index (χ3v) is 4.15. The van der Waals surface area contributed by atoms with Crippen LogP contribution in [0.5, 0.6) is 0 Å². The highest BCUT2D eigenvalue weighted by atomic mass is 16.6. The zero-order chi connectivity index (χ0) is 19.8. The number of nitrogens with zero attached hydrogens (tertiary/aromatic N) is 3. The van der Waals surface area contributed by atoms with Crippen molar-refractivity contribution in [3.05, 3.63) is 82.5 Å². The predicted molar refractivity (Wildman–Crippen MR) is 107 cm³/mol. The molecule has 0 aliphatic heterocycles. The Morgan fingerprint density at radius 2 is 1.82 bits per heavy atom. The predicted octanol–water partition coefficient (Wildman–Crippen LogP) is 3.67. The minimum absolute atomic E-state index is 0.0528. The fourth-order valence-corrected chi connectivity index (χ4v) is 2.71. The van der Waals surface area contributed by atoms with Crippen molar-refractivity contribution in [2.45, 2.75) is 19.4 Å². The number of nitro groups is 1. The van der Waals surface area contributed by atoms with Crippen molar-refractivity contribution in [3.63, 3.8) is 0 Å². The Balaban J connectivity index is 1.42. The van der Waals surface area contributed by atoms with Crippen molar-refractivity contribution in [3.8, 4) is 0 Å².